The Labute approximate surface area is 111 Å². The van der Waals surface area contributed by atoms with Gasteiger partial charge in [0.25, 0.3) is 5.91 Å². The van der Waals surface area contributed by atoms with Crippen molar-refractivity contribution in [1.82, 2.24) is 4.90 Å². The van der Waals surface area contributed by atoms with Crippen molar-refractivity contribution in [2.45, 2.75) is 20.0 Å². The molecule has 0 fully saturated rings. The van der Waals surface area contributed by atoms with Gasteiger partial charge in [-0.15, -0.1) is 0 Å². The maximum Gasteiger partial charge on any atom is 0.262 e. The fourth-order valence-corrected chi connectivity index (χ4v) is 1.55. The predicted octanol–water partition coefficient (Wildman–Crippen LogP) is 1.88. The molecule has 0 aromatic heterocycles. The number of carbonyl (C=O) groups is 1. The molecule has 1 unspecified atom stereocenters. The van der Waals surface area contributed by atoms with Gasteiger partial charge in [0, 0.05) is 19.7 Å². The second-order valence-electron chi connectivity index (χ2n) is 4.32. The van der Waals surface area contributed by atoms with Crippen LogP contribution < -0.4 is 4.74 Å². The lowest BCUT2D eigenvalue weighted by molar-refractivity contribution is -0.135. The van der Waals surface area contributed by atoms with Crippen molar-refractivity contribution < 1.29 is 19.1 Å². The largest absolute Gasteiger partial charge is 0.480 e. The third-order valence-corrected chi connectivity index (χ3v) is 2.57. The van der Waals surface area contributed by atoms with Crippen molar-refractivity contribution in [3.8, 4) is 5.75 Å². The Morgan fingerprint density at radius 2 is 2.11 bits per heavy atom. The molecule has 0 saturated heterocycles. The highest BCUT2D eigenvalue weighted by molar-refractivity contribution is 6.00. The van der Waals surface area contributed by atoms with E-state index in [1.165, 1.54) is 30.0 Å². The molecule has 1 atom stereocenters. The van der Waals surface area contributed by atoms with Gasteiger partial charge in [-0.2, -0.15) is 0 Å². The third kappa shape index (κ3) is 3.67. The molecule has 0 aliphatic rings. The van der Waals surface area contributed by atoms with E-state index in [1.54, 1.807) is 21.0 Å². The van der Waals surface area contributed by atoms with Gasteiger partial charge in [-0.1, -0.05) is 5.16 Å². The summed E-state index contributed by atoms with van der Waals surface area (Å²) < 4.78 is 18.7. The topological polar surface area (TPSA) is 62.1 Å². The fourth-order valence-electron chi connectivity index (χ4n) is 1.55. The Hall–Kier alpha value is -2.11. The predicted molar refractivity (Wildman–Crippen MR) is 69.2 cm³/mol. The normalized spacial score (nSPS) is 13.0. The first-order valence-electron chi connectivity index (χ1n) is 5.73. The molecule has 5 nitrogen and oxygen atoms in total. The SMILES string of the molecule is CC(=NO)c1cc(F)ccc1OC(C)C(=O)N(C)C. The molecule has 1 amide bonds. The molecule has 1 aromatic carbocycles. The van der Waals surface area contributed by atoms with Crippen LogP contribution in [0.25, 0.3) is 0 Å². The van der Waals surface area contributed by atoms with E-state index in [1.807, 2.05) is 0 Å². The summed E-state index contributed by atoms with van der Waals surface area (Å²) in [5.41, 5.74) is 0.514. The molecular weight excluding hydrogens is 251 g/mol. The minimum absolute atomic E-state index is 0.207. The van der Waals surface area contributed by atoms with E-state index in [9.17, 15) is 9.18 Å². The van der Waals surface area contributed by atoms with Crippen LogP contribution in [0.4, 0.5) is 4.39 Å². The number of amides is 1. The molecule has 0 radical (unpaired) electrons. The fraction of sp³-hybridized carbons (Fsp3) is 0.385. The standard InChI is InChI=1S/C13H17FN2O3/c1-8(15-18)11-7-10(14)5-6-12(11)19-9(2)13(17)16(3)4/h5-7,9,18H,1-4H3. The number of halogens is 1. The van der Waals surface area contributed by atoms with Crippen LogP contribution in [0.2, 0.25) is 0 Å². The highest BCUT2D eigenvalue weighted by atomic mass is 19.1. The van der Waals surface area contributed by atoms with Gasteiger partial charge in [0.2, 0.25) is 0 Å². The van der Waals surface area contributed by atoms with E-state index in [0.29, 0.717) is 11.3 Å². The zero-order valence-corrected chi connectivity index (χ0v) is 11.3. The van der Waals surface area contributed by atoms with Crippen molar-refractivity contribution in [1.29, 1.82) is 0 Å². The molecule has 19 heavy (non-hydrogen) atoms. The van der Waals surface area contributed by atoms with Crippen LogP contribution in [0.1, 0.15) is 19.4 Å². The van der Waals surface area contributed by atoms with Crippen LogP contribution in [-0.2, 0) is 4.79 Å². The first-order chi connectivity index (χ1) is 8.86. The minimum atomic E-state index is -0.717. The number of ether oxygens (including phenoxy) is 1. The third-order valence-electron chi connectivity index (χ3n) is 2.57. The summed E-state index contributed by atoms with van der Waals surface area (Å²) in [7, 11) is 3.24. The molecule has 0 heterocycles. The number of carbonyl (C=O) groups excluding carboxylic acids is 1. The van der Waals surface area contributed by atoms with Crippen molar-refractivity contribution in [2.75, 3.05) is 14.1 Å². The lowest BCUT2D eigenvalue weighted by Gasteiger charge is -2.19. The maximum atomic E-state index is 13.2. The minimum Gasteiger partial charge on any atom is -0.480 e. The Kier molecular flexibility index (Phi) is 4.86. The number of likely N-dealkylation sites (N-methyl/N-ethyl adjacent to an activating group) is 1. The van der Waals surface area contributed by atoms with Crippen molar-refractivity contribution >= 4 is 11.6 Å². The van der Waals surface area contributed by atoms with Crippen LogP contribution in [0.5, 0.6) is 5.75 Å². The second-order valence-corrected chi connectivity index (χ2v) is 4.32. The molecule has 6 heteroatoms. The highest BCUT2D eigenvalue weighted by Gasteiger charge is 2.19. The van der Waals surface area contributed by atoms with Gasteiger partial charge >= 0.3 is 0 Å². The summed E-state index contributed by atoms with van der Waals surface area (Å²) in [5.74, 6) is -0.398. The number of oxime groups is 1. The Morgan fingerprint density at radius 1 is 1.47 bits per heavy atom. The highest BCUT2D eigenvalue weighted by Crippen LogP contribution is 2.22. The zero-order valence-electron chi connectivity index (χ0n) is 11.3. The van der Waals surface area contributed by atoms with Gasteiger partial charge in [0.05, 0.1) is 5.71 Å². The summed E-state index contributed by atoms with van der Waals surface area (Å²) in [5, 5.41) is 11.8. The number of benzene rings is 1. The zero-order chi connectivity index (χ0) is 14.6. The van der Waals surface area contributed by atoms with Gasteiger partial charge in [-0.05, 0) is 32.0 Å². The molecule has 1 rings (SSSR count). The maximum absolute atomic E-state index is 13.2. The molecule has 1 aromatic rings. The van der Waals surface area contributed by atoms with E-state index in [0.717, 1.165) is 0 Å². The van der Waals surface area contributed by atoms with E-state index < -0.39 is 11.9 Å². The van der Waals surface area contributed by atoms with E-state index in [2.05, 4.69) is 5.16 Å². The van der Waals surface area contributed by atoms with Gasteiger partial charge in [-0.3, -0.25) is 4.79 Å². The average molecular weight is 268 g/mol. The molecular formula is C13H17FN2O3. The van der Waals surface area contributed by atoms with Crippen molar-refractivity contribution in [3.05, 3.63) is 29.6 Å². The van der Waals surface area contributed by atoms with Gasteiger partial charge in [0.1, 0.15) is 11.6 Å². The second kappa shape index (κ2) is 6.17. The van der Waals surface area contributed by atoms with Crippen LogP contribution in [0.3, 0.4) is 0 Å². The molecule has 0 spiro atoms. The van der Waals surface area contributed by atoms with Crippen molar-refractivity contribution in [2.24, 2.45) is 5.16 Å². The van der Waals surface area contributed by atoms with Crippen LogP contribution in [-0.4, -0.2) is 41.9 Å². The summed E-state index contributed by atoms with van der Waals surface area (Å²) in [6, 6.07) is 3.81. The first kappa shape index (κ1) is 14.9. The first-order valence-corrected chi connectivity index (χ1v) is 5.73. The Balaban J connectivity index is 3.04. The monoisotopic (exact) mass is 268 g/mol. The molecule has 0 saturated carbocycles. The number of hydrogen-bond acceptors (Lipinski definition) is 4. The number of hydrogen-bond donors (Lipinski definition) is 1. The van der Waals surface area contributed by atoms with Crippen molar-refractivity contribution in [3.63, 3.8) is 0 Å². The number of rotatable bonds is 4. The van der Waals surface area contributed by atoms with Gasteiger partial charge in [0.15, 0.2) is 6.10 Å². The molecule has 0 aliphatic heterocycles. The lowest BCUT2D eigenvalue weighted by Crippen LogP contribution is -2.35. The summed E-state index contributed by atoms with van der Waals surface area (Å²) in [6.45, 7) is 3.11. The molecule has 104 valence electrons. The summed E-state index contributed by atoms with van der Waals surface area (Å²) >= 11 is 0. The lowest BCUT2D eigenvalue weighted by atomic mass is 10.1. The average Bonchev–Trinajstić information content (AvgIpc) is 2.38. The van der Waals surface area contributed by atoms with Crippen LogP contribution in [0, 0.1) is 5.82 Å². The molecule has 0 aliphatic carbocycles. The summed E-state index contributed by atoms with van der Waals surface area (Å²) in [6.07, 6.45) is -0.717. The van der Waals surface area contributed by atoms with Gasteiger partial charge in [-0.25, -0.2) is 4.39 Å². The van der Waals surface area contributed by atoms with E-state index in [-0.39, 0.29) is 11.6 Å². The summed E-state index contributed by atoms with van der Waals surface area (Å²) in [4.78, 5) is 13.1. The van der Waals surface area contributed by atoms with E-state index >= 15 is 0 Å². The van der Waals surface area contributed by atoms with Crippen LogP contribution in [0.15, 0.2) is 23.4 Å². The molecule has 1 N–H and O–H groups in total. The van der Waals surface area contributed by atoms with Gasteiger partial charge < -0.3 is 14.8 Å². The Bertz CT molecular complexity index is 501. The Morgan fingerprint density at radius 3 is 2.63 bits per heavy atom. The quantitative estimate of drug-likeness (QED) is 0.515. The smallest absolute Gasteiger partial charge is 0.262 e. The van der Waals surface area contributed by atoms with E-state index in [4.69, 9.17) is 9.94 Å². The molecule has 0 bridgehead atoms. The number of nitrogens with zero attached hydrogens (tertiary/aromatic N) is 2. The van der Waals surface area contributed by atoms with Crippen LogP contribution >= 0.6 is 0 Å².